The van der Waals surface area contributed by atoms with Crippen molar-refractivity contribution in [1.29, 1.82) is 0 Å². The quantitative estimate of drug-likeness (QED) is 0.446. The van der Waals surface area contributed by atoms with Crippen molar-refractivity contribution in [2.45, 2.75) is 0 Å². The van der Waals surface area contributed by atoms with Crippen LogP contribution in [0.4, 0.5) is 11.7 Å². The molecule has 0 saturated carbocycles. The predicted octanol–water partition coefficient (Wildman–Crippen LogP) is 5.72. The van der Waals surface area contributed by atoms with Crippen LogP contribution in [-0.2, 0) is 0 Å². The number of hydrogen-bond acceptors (Lipinski definition) is 3. The van der Waals surface area contributed by atoms with Gasteiger partial charge in [0.15, 0.2) is 5.58 Å². The number of nitrogens with one attached hydrogen (secondary N) is 2. The summed E-state index contributed by atoms with van der Waals surface area (Å²) in [6.07, 6.45) is 1.96. The number of benzene rings is 3. The highest BCUT2D eigenvalue weighted by Gasteiger charge is 2.08. The summed E-state index contributed by atoms with van der Waals surface area (Å²) < 4.78 is 5.79. The molecule has 0 fully saturated rings. The summed E-state index contributed by atoms with van der Waals surface area (Å²) >= 11 is 0. The Hall–Kier alpha value is -3.53. The minimum Gasteiger partial charge on any atom is -0.423 e. The van der Waals surface area contributed by atoms with Crippen LogP contribution in [0, 0.1) is 0 Å². The van der Waals surface area contributed by atoms with Crippen LogP contribution in [0.1, 0.15) is 0 Å². The van der Waals surface area contributed by atoms with Crippen LogP contribution in [0.5, 0.6) is 0 Å². The van der Waals surface area contributed by atoms with Crippen molar-refractivity contribution in [2.24, 2.45) is 0 Å². The van der Waals surface area contributed by atoms with Gasteiger partial charge in [-0.3, -0.25) is 0 Å². The van der Waals surface area contributed by atoms with Crippen molar-refractivity contribution in [2.75, 3.05) is 5.32 Å². The molecule has 0 saturated heterocycles. The Bertz CT molecular complexity index is 1170. The van der Waals surface area contributed by atoms with E-state index in [1.807, 2.05) is 42.6 Å². The Morgan fingerprint density at radius 1 is 0.840 bits per heavy atom. The molecule has 0 aliphatic heterocycles. The summed E-state index contributed by atoms with van der Waals surface area (Å²) in [6.45, 7) is 0. The molecule has 0 bridgehead atoms. The standard InChI is InChI=1S/C21H15N3O/c1-2-4-17(5-3-1)23-21-24-19-13-15(7-9-20(19)25-21)14-6-8-18-16(12-14)10-11-22-18/h1-13,22H,(H,23,24). The van der Waals surface area contributed by atoms with Gasteiger partial charge in [-0.2, -0.15) is 4.98 Å². The van der Waals surface area contributed by atoms with Crippen molar-refractivity contribution in [3.63, 3.8) is 0 Å². The zero-order valence-corrected chi connectivity index (χ0v) is 13.4. The third kappa shape index (κ3) is 2.54. The molecular formula is C21H15N3O. The number of aromatic nitrogens is 2. The maximum atomic E-state index is 5.79. The topological polar surface area (TPSA) is 53.9 Å². The van der Waals surface area contributed by atoms with Gasteiger partial charge in [0.05, 0.1) is 0 Å². The van der Waals surface area contributed by atoms with Crippen LogP contribution in [0.25, 0.3) is 33.1 Å². The SMILES string of the molecule is c1ccc(Nc2nc3cc(-c4ccc5[nH]ccc5c4)ccc3o2)cc1. The Kier molecular flexibility index (Phi) is 3.07. The fraction of sp³-hybridized carbons (Fsp3) is 0. The zero-order chi connectivity index (χ0) is 16.6. The van der Waals surface area contributed by atoms with Gasteiger partial charge in [0.25, 0.3) is 6.01 Å². The van der Waals surface area contributed by atoms with E-state index in [9.17, 15) is 0 Å². The number of hydrogen-bond donors (Lipinski definition) is 2. The number of para-hydroxylation sites is 1. The molecule has 120 valence electrons. The molecule has 0 aliphatic rings. The van der Waals surface area contributed by atoms with E-state index in [1.54, 1.807) is 0 Å². The Morgan fingerprint density at radius 3 is 2.60 bits per heavy atom. The smallest absolute Gasteiger partial charge is 0.300 e. The van der Waals surface area contributed by atoms with Crippen molar-refractivity contribution in [3.05, 3.63) is 79.0 Å². The fourth-order valence-electron chi connectivity index (χ4n) is 3.04. The monoisotopic (exact) mass is 325 g/mol. The maximum absolute atomic E-state index is 5.79. The van der Waals surface area contributed by atoms with Gasteiger partial charge in [0.1, 0.15) is 5.52 Å². The third-order valence-corrected chi connectivity index (χ3v) is 4.30. The number of rotatable bonds is 3. The molecule has 2 aromatic heterocycles. The van der Waals surface area contributed by atoms with Gasteiger partial charge < -0.3 is 14.7 Å². The molecule has 0 atom stereocenters. The summed E-state index contributed by atoms with van der Waals surface area (Å²) in [4.78, 5) is 7.78. The fourth-order valence-corrected chi connectivity index (χ4v) is 3.04. The molecule has 0 unspecified atom stereocenters. The average molecular weight is 325 g/mol. The Labute approximate surface area is 144 Å². The van der Waals surface area contributed by atoms with Crippen LogP contribution in [-0.4, -0.2) is 9.97 Å². The van der Waals surface area contributed by atoms with Crippen LogP contribution in [0.3, 0.4) is 0 Å². The molecule has 25 heavy (non-hydrogen) atoms. The van der Waals surface area contributed by atoms with Gasteiger partial charge in [-0.25, -0.2) is 0 Å². The third-order valence-electron chi connectivity index (χ3n) is 4.30. The van der Waals surface area contributed by atoms with E-state index in [0.29, 0.717) is 6.01 Å². The Morgan fingerprint density at radius 2 is 1.68 bits per heavy atom. The van der Waals surface area contributed by atoms with Crippen LogP contribution < -0.4 is 5.32 Å². The summed E-state index contributed by atoms with van der Waals surface area (Å²) in [7, 11) is 0. The normalized spacial score (nSPS) is 11.2. The highest BCUT2D eigenvalue weighted by atomic mass is 16.4. The maximum Gasteiger partial charge on any atom is 0.300 e. The van der Waals surface area contributed by atoms with Crippen LogP contribution in [0.2, 0.25) is 0 Å². The molecule has 4 heteroatoms. The van der Waals surface area contributed by atoms with E-state index in [4.69, 9.17) is 4.42 Å². The first-order chi connectivity index (χ1) is 12.3. The number of oxazole rings is 1. The molecule has 5 aromatic rings. The van der Waals surface area contributed by atoms with Gasteiger partial charge in [-0.15, -0.1) is 0 Å². The van der Waals surface area contributed by atoms with Crippen molar-refractivity contribution in [3.8, 4) is 11.1 Å². The second-order valence-electron chi connectivity index (χ2n) is 5.97. The van der Waals surface area contributed by atoms with Crippen molar-refractivity contribution >= 4 is 33.7 Å². The first-order valence-electron chi connectivity index (χ1n) is 8.15. The lowest BCUT2D eigenvalue weighted by Crippen LogP contribution is -1.88. The minimum absolute atomic E-state index is 0.499. The molecule has 3 aromatic carbocycles. The van der Waals surface area contributed by atoms with E-state index < -0.39 is 0 Å². The number of H-pyrrole nitrogens is 1. The zero-order valence-electron chi connectivity index (χ0n) is 13.4. The molecule has 0 spiro atoms. The minimum atomic E-state index is 0.499. The molecule has 4 nitrogen and oxygen atoms in total. The summed E-state index contributed by atoms with van der Waals surface area (Å²) in [5.74, 6) is 0. The number of anilines is 2. The average Bonchev–Trinajstić information content (AvgIpc) is 3.27. The highest BCUT2D eigenvalue weighted by Crippen LogP contribution is 2.29. The van der Waals surface area contributed by atoms with E-state index in [1.165, 1.54) is 5.39 Å². The van der Waals surface area contributed by atoms with Crippen LogP contribution in [0.15, 0.2) is 83.4 Å². The first-order valence-corrected chi connectivity index (χ1v) is 8.15. The van der Waals surface area contributed by atoms with Crippen LogP contribution >= 0.6 is 0 Å². The van der Waals surface area contributed by atoms with Gasteiger partial charge >= 0.3 is 0 Å². The number of aromatic amines is 1. The lowest BCUT2D eigenvalue weighted by atomic mass is 10.0. The highest BCUT2D eigenvalue weighted by molar-refractivity contribution is 5.87. The molecule has 0 amide bonds. The predicted molar refractivity (Wildman–Crippen MR) is 101 cm³/mol. The molecule has 5 rings (SSSR count). The van der Waals surface area contributed by atoms with Gasteiger partial charge in [-0.05, 0) is 59.0 Å². The molecule has 0 radical (unpaired) electrons. The molecular weight excluding hydrogens is 310 g/mol. The number of nitrogens with zero attached hydrogens (tertiary/aromatic N) is 1. The van der Waals surface area contributed by atoms with Gasteiger partial charge in [-0.1, -0.05) is 30.3 Å². The lowest BCUT2D eigenvalue weighted by Gasteiger charge is -2.01. The molecule has 0 aliphatic carbocycles. The Balaban J connectivity index is 1.52. The van der Waals surface area contributed by atoms with E-state index in [0.717, 1.165) is 33.4 Å². The summed E-state index contributed by atoms with van der Waals surface area (Å²) in [5.41, 5.74) is 5.98. The van der Waals surface area contributed by atoms with Gasteiger partial charge in [0, 0.05) is 17.4 Å². The van der Waals surface area contributed by atoms with E-state index in [-0.39, 0.29) is 0 Å². The first kappa shape index (κ1) is 13.9. The van der Waals surface area contributed by atoms with E-state index in [2.05, 4.69) is 51.7 Å². The summed E-state index contributed by atoms with van der Waals surface area (Å²) in [5, 5.41) is 4.39. The summed E-state index contributed by atoms with van der Waals surface area (Å²) in [6, 6.07) is 24.9. The van der Waals surface area contributed by atoms with Gasteiger partial charge in [0.2, 0.25) is 0 Å². The molecule has 2 N–H and O–H groups in total. The van der Waals surface area contributed by atoms with Crippen molar-refractivity contribution < 1.29 is 4.42 Å². The van der Waals surface area contributed by atoms with E-state index >= 15 is 0 Å². The largest absolute Gasteiger partial charge is 0.423 e. The second-order valence-corrected chi connectivity index (χ2v) is 5.97. The van der Waals surface area contributed by atoms with Crippen molar-refractivity contribution in [1.82, 2.24) is 9.97 Å². The number of fused-ring (bicyclic) bond motifs is 2. The molecule has 2 heterocycles. The lowest BCUT2D eigenvalue weighted by molar-refractivity contribution is 0.623. The second kappa shape index (κ2) is 5.53.